The quantitative estimate of drug-likeness (QED) is 0.231. The molecule has 1 aliphatic heterocycles. The van der Waals surface area contributed by atoms with Crippen LogP contribution in [0.15, 0.2) is 93.0 Å². The predicted molar refractivity (Wildman–Crippen MR) is 171 cm³/mol. The van der Waals surface area contributed by atoms with Crippen LogP contribution >= 0.6 is 0 Å². The summed E-state index contributed by atoms with van der Waals surface area (Å²) < 4.78 is 12.8. The van der Waals surface area contributed by atoms with E-state index >= 15 is 0 Å². The topological polar surface area (TPSA) is 18.5 Å². The number of rotatable bonds is 7. The van der Waals surface area contributed by atoms with Gasteiger partial charge in [-0.15, -0.1) is 0 Å². The average Bonchev–Trinajstić information content (AvgIpc) is 3.17. The van der Waals surface area contributed by atoms with Crippen LogP contribution in [0.2, 0.25) is 0 Å². The Labute approximate surface area is 233 Å². The van der Waals surface area contributed by atoms with E-state index < -0.39 is 18.3 Å². The molecular weight excluding hydrogens is 475 g/mol. The molecule has 0 radical (unpaired) electrons. The van der Waals surface area contributed by atoms with Crippen molar-refractivity contribution in [1.82, 2.24) is 0 Å². The van der Waals surface area contributed by atoms with Gasteiger partial charge in [0.15, 0.2) is 0 Å². The molecule has 3 heteroatoms. The highest BCUT2D eigenvalue weighted by molar-refractivity contribution is 6.63. The molecule has 1 heterocycles. The Morgan fingerprint density at radius 3 is 1.59 bits per heavy atom. The second-order valence-electron chi connectivity index (χ2n) is 10.9. The molecule has 194 valence electrons. The van der Waals surface area contributed by atoms with E-state index in [4.69, 9.17) is 9.31 Å². The first kappa shape index (κ1) is 26.7. The van der Waals surface area contributed by atoms with Gasteiger partial charge < -0.3 is 9.31 Å². The highest BCUT2D eigenvalue weighted by Crippen LogP contribution is 2.45. The molecule has 0 atom stereocenters. The van der Waals surface area contributed by atoms with Crippen LogP contribution < -0.4 is 5.46 Å². The van der Waals surface area contributed by atoms with Crippen LogP contribution in [-0.2, 0) is 9.31 Å². The summed E-state index contributed by atoms with van der Waals surface area (Å²) in [6, 6.07) is 23.2. The Balaban J connectivity index is 1.83. The van der Waals surface area contributed by atoms with Gasteiger partial charge in [0.25, 0.3) is 0 Å². The van der Waals surface area contributed by atoms with Crippen LogP contribution in [0.25, 0.3) is 57.3 Å². The summed E-state index contributed by atoms with van der Waals surface area (Å²) in [4.78, 5) is 0. The van der Waals surface area contributed by atoms with Gasteiger partial charge in [0.1, 0.15) is 0 Å². The Morgan fingerprint density at radius 1 is 0.564 bits per heavy atom. The fourth-order valence-corrected chi connectivity index (χ4v) is 5.60. The third-order valence-corrected chi connectivity index (χ3v) is 8.27. The summed E-state index contributed by atoms with van der Waals surface area (Å²) in [6.07, 6.45) is 7.66. The van der Waals surface area contributed by atoms with E-state index in [1.807, 2.05) is 30.4 Å². The normalized spacial score (nSPS) is 15.7. The minimum Gasteiger partial charge on any atom is -0.399 e. The summed E-state index contributed by atoms with van der Waals surface area (Å²) in [6.45, 7) is 25.1. The molecule has 4 aromatic carbocycles. The number of hydrogen-bond donors (Lipinski definition) is 0. The van der Waals surface area contributed by atoms with Gasteiger partial charge in [-0.2, -0.15) is 0 Å². The summed E-state index contributed by atoms with van der Waals surface area (Å²) in [7, 11) is -0.504. The Morgan fingerprint density at radius 2 is 1.05 bits per heavy atom. The fourth-order valence-electron chi connectivity index (χ4n) is 5.60. The first-order valence-corrected chi connectivity index (χ1v) is 13.4. The minimum absolute atomic E-state index is 0.443. The Kier molecular flexibility index (Phi) is 6.84. The highest BCUT2D eigenvalue weighted by atomic mass is 16.7. The van der Waals surface area contributed by atoms with Gasteiger partial charge >= 0.3 is 7.12 Å². The zero-order chi connectivity index (χ0) is 27.9. The van der Waals surface area contributed by atoms with Crippen molar-refractivity contribution in [3.63, 3.8) is 0 Å². The summed E-state index contributed by atoms with van der Waals surface area (Å²) in [5, 5.41) is 2.29. The molecule has 1 aliphatic rings. The van der Waals surface area contributed by atoms with E-state index in [9.17, 15) is 0 Å². The highest BCUT2D eigenvalue weighted by Gasteiger charge is 2.52. The van der Waals surface area contributed by atoms with E-state index in [2.05, 4.69) is 115 Å². The lowest BCUT2D eigenvalue weighted by atomic mass is 9.72. The van der Waals surface area contributed by atoms with Crippen LogP contribution in [0, 0.1) is 0 Å². The van der Waals surface area contributed by atoms with Gasteiger partial charge in [-0.3, -0.25) is 0 Å². The van der Waals surface area contributed by atoms with Crippen molar-refractivity contribution in [2.24, 2.45) is 0 Å². The van der Waals surface area contributed by atoms with Gasteiger partial charge in [-0.05, 0) is 88.4 Å². The molecule has 4 aromatic rings. The monoisotopic (exact) mass is 510 g/mol. The van der Waals surface area contributed by atoms with Crippen LogP contribution in [0.4, 0.5) is 0 Å². The van der Waals surface area contributed by atoms with Crippen molar-refractivity contribution in [1.29, 1.82) is 0 Å². The fraction of sp³-hybridized carbons (Fsp3) is 0.167. The second-order valence-corrected chi connectivity index (χ2v) is 10.9. The molecule has 0 bridgehead atoms. The Hall–Kier alpha value is -3.92. The van der Waals surface area contributed by atoms with Crippen molar-refractivity contribution >= 4 is 47.7 Å². The molecular formula is C36H35BO2. The third-order valence-electron chi connectivity index (χ3n) is 8.27. The van der Waals surface area contributed by atoms with Crippen LogP contribution in [0.3, 0.4) is 0 Å². The molecule has 2 nitrogen and oxygen atoms in total. The summed E-state index contributed by atoms with van der Waals surface area (Å²) in [5.41, 5.74) is 8.50. The van der Waals surface area contributed by atoms with Crippen LogP contribution in [0.1, 0.15) is 49.9 Å². The third kappa shape index (κ3) is 4.23. The predicted octanol–water partition coefficient (Wildman–Crippen LogP) is 9.05. The van der Waals surface area contributed by atoms with Gasteiger partial charge in [-0.1, -0.05) is 117 Å². The Bertz CT molecular complexity index is 1610. The number of hydrogen-bond acceptors (Lipinski definition) is 2. The number of benzene rings is 4. The maximum Gasteiger partial charge on any atom is 0.495 e. The molecule has 0 N–H and O–H groups in total. The lowest BCUT2D eigenvalue weighted by Crippen LogP contribution is -2.41. The molecule has 1 fully saturated rings. The molecule has 39 heavy (non-hydrogen) atoms. The molecule has 0 aliphatic carbocycles. The van der Waals surface area contributed by atoms with E-state index in [0.717, 1.165) is 60.7 Å². The molecule has 0 spiro atoms. The molecule has 5 rings (SSSR count). The maximum atomic E-state index is 6.42. The first-order chi connectivity index (χ1) is 18.7. The molecule has 0 saturated carbocycles. The average molecular weight is 510 g/mol. The molecule has 0 aromatic heterocycles. The molecule has 0 unspecified atom stereocenters. The zero-order valence-corrected chi connectivity index (χ0v) is 23.4. The minimum atomic E-state index is -0.504. The van der Waals surface area contributed by atoms with Crippen LogP contribution in [-0.4, -0.2) is 18.3 Å². The van der Waals surface area contributed by atoms with Gasteiger partial charge in [-0.25, -0.2) is 0 Å². The van der Waals surface area contributed by atoms with Crippen molar-refractivity contribution in [3.05, 3.63) is 115 Å². The van der Waals surface area contributed by atoms with Crippen molar-refractivity contribution in [2.45, 2.75) is 38.9 Å². The van der Waals surface area contributed by atoms with Crippen molar-refractivity contribution in [2.75, 3.05) is 0 Å². The molecule has 1 saturated heterocycles. The standard InChI is InChI=1S/C36H35BO2/c1-9-25-26(10-2)32(37-38-35(5,6)36(7,8)39-37)23-22-31(25)34-28(12-4)27(11-3)33(24-18-14-13-15-19-24)29-20-16-17-21-30(29)34/h9-23H,1-4H2,5-8H3. The van der Waals surface area contributed by atoms with E-state index in [1.165, 1.54) is 0 Å². The van der Waals surface area contributed by atoms with Gasteiger partial charge in [0.05, 0.1) is 11.2 Å². The molecule has 0 amide bonds. The second kappa shape index (κ2) is 10.00. The summed E-state index contributed by atoms with van der Waals surface area (Å²) in [5.74, 6) is 0. The van der Waals surface area contributed by atoms with Gasteiger partial charge in [0, 0.05) is 0 Å². The lowest BCUT2D eigenvalue weighted by molar-refractivity contribution is 0.00578. The lowest BCUT2D eigenvalue weighted by Gasteiger charge is -2.32. The van der Waals surface area contributed by atoms with Crippen LogP contribution in [0.5, 0.6) is 0 Å². The SMILES string of the molecule is C=Cc1c(B2OC(C)(C)C(C)(C)O2)ccc(-c2c(C=C)c(C=C)c(-c3ccccc3)c3ccccc23)c1C=C. The number of fused-ring (bicyclic) bond motifs is 1. The van der Waals surface area contributed by atoms with Crippen molar-refractivity contribution in [3.8, 4) is 22.3 Å². The zero-order valence-electron chi connectivity index (χ0n) is 23.4. The summed E-state index contributed by atoms with van der Waals surface area (Å²) >= 11 is 0. The van der Waals surface area contributed by atoms with E-state index in [1.54, 1.807) is 0 Å². The first-order valence-electron chi connectivity index (χ1n) is 13.4. The van der Waals surface area contributed by atoms with Gasteiger partial charge in [0.2, 0.25) is 0 Å². The van der Waals surface area contributed by atoms with E-state index in [-0.39, 0.29) is 0 Å². The smallest absolute Gasteiger partial charge is 0.399 e. The van der Waals surface area contributed by atoms with E-state index in [0.29, 0.717) is 0 Å². The largest absolute Gasteiger partial charge is 0.495 e. The van der Waals surface area contributed by atoms with Crippen molar-refractivity contribution < 1.29 is 9.31 Å². The maximum absolute atomic E-state index is 6.42.